The molecule has 0 saturated carbocycles. The van der Waals surface area contributed by atoms with Crippen LogP contribution >= 0.6 is 22.9 Å². The van der Waals surface area contributed by atoms with E-state index in [1.165, 1.54) is 16.9 Å². The van der Waals surface area contributed by atoms with E-state index < -0.39 is 0 Å². The maximum absolute atomic E-state index is 12.5. The minimum atomic E-state index is -0.266. The van der Waals surface area contributed by atoms with Gasteiger partial charge in [-0.3, -0.25) is 9.36 Å². The normalized spacial score (nSPS) is 11.0. The van der Waals surface area contributed by atoms with Gasteiger partial charge in [-0.1, -0.05) is 31.5 Å². The van der Waals surface area contributed by atoms with E-state index in [-0.39, 0.29) is 5.91 Å². The predicted molar refractivity (Wildman–Crippen MR) is 122 cm³/mol. The van der Waals surface area contributed by atoms with Crippen LogP contribution in [0.5, 0.6) is 0 Å². The van der Waals surface area contributed by atoms with Crippen LogP contribution in [0.1, 0.15) is 35.3 Å². The van der Waals surface area contributed by atoms with E-state index in [0.717, 1.165) is 22.5 Å². The molecule has 2 heterocycles. The van der Waals surface area contributed by atoms with E-state index in [2.05, 4.69) is 30.3 Å². The van der Waals surface area contributed by atoms with Crippen molar-refractivity contribution < 1.29 is 4.79 Å². The number of amides is 1. The number of nitrogens with one attached hydrogen (secondary N) is 1. The van der Waals surface area contributed by atoms with Crippen LogP contribution in [0.3, 0.4) is 0 Å². The molecule has 0 aliphatic heterocycles. The van der Waals surface area contributed by atoms with Crippen molar-refractivity contribution in [1.82, 2.24) is 9.55 Å². The fourth-order valence-electron chi connectivity index (χ4n) is 3.35. The lowest BCUT2D eigenvalue weighted by molar-refractivity contribution is 0.102. The standard InChI is InChI=1S/C23H19ClN4OS/c1-14(2)9-17-12-28(20-10-18(24)7-8-19(17)20)23-27-21(13-30-23)26-22(29)16-5-3-15(11-25)4-6-16/h3-8,10,12-14H,9H2,1-2H3,(H,26,29). The number of benzene rings is 2. The fraction of sp³-hybridized carbons (Fsp3) is 0.174. The molecule has 2 aromatic carbocycles. The Morgan fingerprint density at radius 2 is 2.03 bits per heavy atom. The summed E-state index contributed by atoms with van der Waals surface area (Å²) in [5.41, 5.74) is 3.23. The zero-order valence-corrected chi connectivity index (χ0v) is 18.1. The summed E-state index contributed by atoms with van der Waals surface area (Å²) in [5.74, 6) is 0.745. The van der Waals surface area contributed by atoms with Crippen LogP contribution in [0.25, 0.3) is 16.0 Å². The molecule has 0 radical (unpaired) electrons. The second kappa shape index (κ2) is 8.31. The molecule has 4 aromatic rings. The van der Waals surface area contributed by atoms with Crippen molar-refractivity contribution in [2.24, 2.45) is 5.92 Å². The van der Waals surface area contributed by atoms with Gasteiger partial charge in [0.05, 0.1) is 17.1 Å². The van der Waals surface area contributed by atoms with Crippen molar-refractivity contribution in [3.8, 4) is 11.2 Å². The molecule has 30 heavy (non-hydrogen) atoms. The SMILES string of the molecule is CC(C)Cc1cn(-c2nc(NC(=O)c3ccc(C#N)cc3)cs2)c2cc(Cl)ccc12. The topological polar surface area (TPSA) is 70.7 Å². The van der Waals surface area contributed by atoms with Crippen LogP contribution < -0.4 is 5.32 Å². The number of rotatable bonds is 5. The van der Waals surface area contributed by atoms with Crippen molar-refractivity contribution in [2.75, 3.05) is 5.32 Å². The van der Waals surface area contributed by atoms with E-state index in [0.29, 0.717) is 27.9 Å². The number of thiazole rings is 1. The lowest BCUT2D eigenvalue weighted by Crippen LogP contribution is -2.12. The number of aromatic nitrogens is 2. The molecule has 4 rings (SSSR count). The minimum Gasteiger partial charge on any atom is -0.306 e. The van der Waals surface area contributed by atoms with Crippen LogP contribution in [0.15, 0.2) is 54.0 Å². The first-order valence-corrected chi connectivity index (χ1v) is 10.8. The molecule has 0 aliphatic rings. The van der Waals surface area contributed by atoms with Crippen LogP contribution in [-0.4, -0.2) is 15.5 Å². The Balaban J connectivity index is 1.63. The Hall–Kier alpha value is -3.14. The van der Waals surface area contributed by atoms with Crippen molar-refractivity contribution >= 4 is 45.6 Å². The molecular weight excluding hydrogens is 416 g/mol. The van der Waals surface area contributed by atoms with Crippen molar-refractivity contribution in [3.05, 3.63) is 75.8 Å². The van der Waals surface area contributed by atoms with Gasteiger partial charge in [-0.05, 0) is 54.3 Å². The molecule has 0 atom stereocenters. The van der Waals surface area contributed by atoms with E-state index >= 15 is 0 Å². The summed E-state index contributed by atoms with van der Waals surface area (Å²) in [6, 6.07) is 14.4. The molecule has 5 nitrogen and oxygen atoms in total. The lowest BCUT2D eigenvalue weighted by atomic mass is 10.0. The summed E-state index contributed by atoms with van der Waals surface area (Å²) >= 11 is 7.70. The number of hydrogen-bond acceptors (Lipinski definition) is 4. The quantitative estimate of drug-likeness (QED) is 0.414. The number of anilines is 1. The molecule has 1 amide bonds. The summed E-state index contributed by atoms with van der Waals surface area (Å²) in [6.45, 7) is 4.39. The zero-order chi connectivity index (χ0) is 21.3. The second-order valence-corrected chi connectivity index (χ2v) is 8.72. The number of nitrogens with zero attached hydrogens (tertiary/aromatic N) is 3. The van der Waals surface area contributed by atoms with Gasteiger partial charge in [-0.25, -0.2) is 4.98 Å². The summed E-state index contributed by atoms with van der Waals surface area (Å²) < 4.78 is 2.03. The molecule has 0 bridgehead atoms. The number of carbonyl (C=O) groups is 1. The Morgan fingerprint density at radius 3 is 2.73 bits per heavy atom. The van der Waals surface area contributed by atoms with Gasteiger partial charge in [0, 0.05) is 27.5 Å². The Bertz CT molecular complexity index is 1260. The summed E-state index contributed by atoms with van der Waals surface area (Å²) in [4.78, 5) is 17.1. The van der Waals surface area contributed by atoms with Gasteiger partial charge >= 0.3 is 0 Å². The summed E-state index contributed by atoms with van der Waals surface area (Å²) in [6.07, 6.45) is 3.06. The zero-order valence-electron chi connectivity index (χ0n) is 16.5. The maximum atomic E-state index is 12.5. The van der Waals surface area contributed by atoms with Crippen molar-refractivity contribution in [2.45, 2.75) is 20.3 Å². The number of carbonyl (C=O) groups excluding carboxylic acids is 1. The van der Waals surface area contributed by atoms with Crippen LogP contribution in [-0.2, 0) is 6.42 Å². The number of fused-ring (bicyclic) bond motifs is 1. The smallest absolute Gasteiger partial charge is 0.256 e. The van der Waals surface area contributed by atoms with Crippen molar-refractivity contribution in [3.63, 3.8) is 0 Å². The van der Waals surface area contributed by atoms with Gasteiger partial charge in [-0.2, -0.15) is 5.26 Å². The highest BCUT2D eigenvalue weighted by molar-refractivity contribution is 7.12. The Morgan fingerprint density at radius 1 is 1.27 bits per heavy atom. The molecular formula is C23H19ClN4OS. The third-order valence-electron chi connectivity index (χ3n) is 4.69. The molecule has 0 unspecified atom stereocenters. The van der Waals surface area contributed by atoms with Gasteiger partial charge in [0.15, 0.2) is 5.13 Å². The number of hydrogen-bond donors (Lipinski definition) is 1. The van der Waals surface area contributed by atoms with Gasteiger partial charge in [-0.15, -0.1) is 11.3 Å². The minimum absolute atomic E-state index is 0.266. The van der Waals surface area contributed by atoms with Crippen LogP contribution in [0.2, 0.25) is 5.02 Å². The van der Waals surface area contributed by atoms with E-state index in [1.807, 2.05) is 34.2 Å². The Labute approximate surface area is 183 Å². The summed E-state index contributed by atoms with van der Waals surface area (Å²) in [5, 5.41) is 16.1. The Kier molecular flexibility index (Phi) is 5.58. The highest BCUT2D eigenvalue weighted by atomic mass is 35.5. The largest absolute Gasteiger partial charge is 0.306 e. The third kappa shape index (κ3) is 4.09. The van der Waals surface area contributed by atoms with Crippen LogP contribution in [0.4, 0.5) is 5.82 Å². The molecule has 2 aromatic heterocycles. The van der Waals surface area contributed by atoms with E-state index in [4.69, 9.17) is 16.9 Å². The first kappa shape index (κ1) is 20.1. The monoisotopic (exact) mass is 434 g/mol. The molecule has 1 N–H and O–H groups in total. The average Bonchev–Trinajstić information content (AvgIpc) is 3.32. The third-order valence-corrected chi connectivity index (χ3v) is 5.77. The second-order valence-electron chi connectivity index (χ2n) is 7.44. The first-order chi connectivity index (χ1) is 14.4. The molecule has 0 aliphatic carbocycles. The van der Waals surface area contributed by atoms with Gasteiger partial charge in [0.2, 0.25) is 0 Å². The van der Waals surface area contributed by atoms with Gasteiger partial charge in [0.25, 0.3) is 5.91 Å². The van der Waals surface area contributed by atoms with Crippen molar-refractivity contribution in [1.29, 1.82) is 5.26 Å². The maximum Gasteiger partial charge on any atom is 0.256 e. The molecule has 0 saturated heterocycles. The summed E-state index contributed by atoms with van der Waals surface area (Å²) in [7, 11) is 0. The van der Waals surface area contributed by atoms with Gasteiger partial charge < -0.3 is 5.32 Å². The molecule has 150 valence electrons. The first-order valence-electron chi connectivity index (χ1n) is 9.51. The van der Waals surface area contributed by atoms with E-state index in [9.17, 15) is 4.79 Å². The molecule has 0 spiro atoms. The highest BCUT2D eigenvalue weighted by Crippen LogP contribution is 2.31. The lowest BCUT2D eigenvalue weighted by Gasteiger charge is -2.03. The van der Waals surface area contributed by atoms with Gasteiger partial charge in [0.1, 0.15) is 5.82 Å². The average molecular weight is 435 g/mol. The predicted octanol–water partition coefficient (Wildman–Crippen LogP) is 6.06. The molecule has 0 fully saturated rings. The van der Waals surface area contributed by atoms with E-state index in [1.54, 1.807) is 24.3 Å². The number of halogens is 1. The fourth-order valence-corrected chi connectivity index (χ4v) is 4.26. The number of nitriles is 1. The highest BCUT2D eigenvalue weighted by Gasteiger charge is 2.15. The molecule has 7 heteroatoms. The van der Waals surface area contributed by atoms with Crippen LogP contribution in [0, 0.1) is 17.2 Å².